The Hall–Kier alpha value is -2.28. The summed E-state index contributed by atoms with van der Waals surface area (Å²) in [4.78, 5) is 15.9. The first-order valence-electron chi connectivity index (χ1n) is 6.39. The van der Waals surface area contributed by atoms with Crippen LogP contribution >= 0.6 is 11.8 Å². The summed E-state index contributed by atoms with van der Waals surface area (Å²) in [6, 6.07) is 7.41. The maximum atomic E-state index is 11.8. The summed E-state index contributed by atoms with van der Waals surface area (Å²) in [6.07, 6.45) is 3.16. The van der Waals surface area contributed by atoms with E-state index < -0.39 is 0 Å². The third-order valence-electron chi connectivity index (χ3n) is 2.52. The lowest BCUT2D eigenvalue weighted by Crippen LogP contribution is -2.09. The van der Waals surface area contributed by atoms with Gasteiger partial charge in [0, 0.05) is 6.08 Å². The van der Waals surface area contributed by atoms with Crippen LogP contribution in [0.5, 0.6) is 5.75 Å². The fourth-order valence-corrected chi connectivity index (χ4v) is 2.07. The highest BCUT2D eigenvalue weighted by atomic mass is 32.2. The number of nitrogens with zero attached hydrogens (tertiary/aromatic N) is 2. The number of aromatic nitrogens is 3. The average molecular weight is 304 g/mol. The molecule has 1 amide bonds. The number of thioether (sulfide) groups is 1. The fourth-order valence-electron chi connectivity index (χ4n) is 1.54. The van der Waals surface area contributed by atoms with Crippen molar-refractivity contribution in [3.63, 3.8) is 0 Å². The SMILES string of the molecule is CCSc1n[nH]c(NC(=O)/C=C/c2ccc(OC)cc2)n1. The number of H-pyrrole nitrogens is 1. The Morgan fingerprint density at radius 2 is 2.19 bits per heavy atom. The van der Waals surface area contributed by atoms with E-state index in [9.17, 15) is 4.79 Å². The summed E-state index contributed by atoms with van der Waals surface area (Å²) in [6.45, 7) is 2.01. The molecule has 0 saturated heterocycles. The Labute approximate surface area is 127 Å². The van der Waals surface area contributed by atoms with Crippen molar-refractivity contribution in [2.45, 2.75) is 12.1 Å². The van der Waals surface area contributed by atoms with E-state index in [4.69, 9.17) is 4.74 Å². The zero-order valence-corrected chi connectivity index (χ0v) is 12.6. The number of rotatable bonds is 6. The topological polar surface area (TPSA) is 79.9 Å². The van der Waals surface area contributed by atoms with Crippen LogP contribution < -0.4 is 10.1 Å². The molecular formula is C14H16N4O2S. The van der Waals surface area contributed by atoms with Gasteiger partial charge in [-0.15, -0.1) is 5.10 Å². The van der Waals surface area contributed by atoms with Gasteiger partial charge in [-0.1, -0.05) is 30.8 Å². The Kier molecular flexibility index (Phi) is 5.39. The van der Waals surface area contributed by atoms with Gasteiger partial charge in [-0.05, 0) is 29.5 Å². The van der Waals surface area contributed by atoms with Gasteiger partial charge in [-0.25, -0.2) is 5.10 Å². The molecule has 2 rings (SSSR count). The number of benzene rings is 1. The second kappa shape index (κ2) is 7.49. The van der Waals surface area contributed by atoms with E-state index in [0.29, 0.717) is 11.1 Å². The normalized spacial score (nSPS) is 10.8. The van der Waals surface area contributed by atoms with Gasteiger partial charge in [-0.3, -0.25) is 10.1 Å². The van der Waals surface area contributed by atoms with E-state index in [1.54, 1.807) is 13.2 Å². The van der Waals surface area contributed by atoms with Crippen LogP contribution in [0.25, 0.3) is 6.08 Å². The second-order valence-corrected chi connectivity index (χ2v) is 5.23. The molecule has 6 nitrogen and oxygen atoms in total. The van der Waals surface area contributed by atoms with Crippen molar-refractivity contribution >= 4 is 29.7 Å². The van der Waals surface area contributed by atoms with Crippen LogP contribution in [0.15, 0.2) is 35.5 Å². The van der Waals surface area contributed by atoms with Gasteiger partial charge in [-0.2, -0.15) is 4.98 Å². The van der Waals surface area contributed by atoms with Crippen LogP contribution in [0.2, 0.25) is 0 Å². The number of anilines is 1. The minimum absolute atomic E-state index is 0.269. The van der Waals surface area contributed by atoms with Gasteiger partial charge in [0.05, 0.1) is 7.11 Å². The van der Waals surface area contributed by atoms with Crippen molar-refractivity contribution in [2.75, 3.05) is 18.2 Å². The first kappa shape index (κ1) is 15.1. The highest BCUT2D eigenvalue weighted by Crippen LogP contribution is 2.14. The predicted octanol–water partition coefficient (Wildman–Crippen LogP) is 2.58. The molecule has 110 valence electrons. The molecule has 21 heavy (non-hydrogen) atoms. The van der Waals surface area contributed by atoms with Crippen molar-refractivity contribution in [3.05, 3.63) is 35.9 Å². The molecule has 7 heteroatoms. The number of hydrogen-bond donors (Lipinski definition) is 2. The third kappa shape index (κ3) is 4.64. The molecule has 1 aromatic carbocycles. The van der Waals surface area contributed by atoms with Crippen LogP contribution in [-0.2, 0) is 4.79 Å². The molecule has 0 fully saturated rings. The molecule has 1 aromatic heterocycles. The predicted molar refractivity (Wildman–Crippen MR) is 83.4 cm³/mol. The molecule has 0 spiro atoms. The fraction of sp³-hybridized carbons (Fsp3) is 0.214. The van der Waals surface area contributed by atoms with E-state index in [1.807, 2.05) is 31.2 Å². The van der Waals surface area contributed by atoms with Crippen molar-refractivity contribution in [2.24, 2.45) is 0 Å². The maximum absolute atomic E-state index is 11.8. The number of hydrogen-bond acceptors (Lipinski definition) is 5. The summed E-state index contributed by atoms with van der Waals surface area (Å²) < 4.78 is 5.07. The van der Waals surface area contributed by atoms with Gasteiger partial charge >= 0.3 is 0 Å². The van der Waals surface area contributed by atoms with Crippen LogP contribution in [-0.4, -0.2) is 34.0 Å². The summed E-state index contributed by atoms with van der Waals surface area (Å²) in [5.41, 5.74) is 0.908. The Bertz CT molecular complexity index is 622. The zero-order chi connectivity index (χ0) is 15.1. The Morgan fingerprint density at radius 1 is 1.43 bits per heavy atom. The molecule has 0 bridgehead atoms. The number of aromatic amines is 1. The molecule has 0 aliphatic heterocycles. The molecule has 0 aliphatic rings. The first-order valence-corrected chi connectivity index (χ1v) is 7.38. The lowest BCUT2D eigenvalue weighted by atomic mass is 10.2. The standard InChI is InChI=1S/C14H16N4O2S/c1-3-21-14-16-13(17-18-14)15-12(19)9-6-10-4-7-11(20-2)8-5-10/h4-9H,3H2,1-2H3,(H2,15,16,17,18,19)/b9-6+. The zero-order valence-electron chi connectivity index (χ0n) is 11.8. The molecule has 2 aromatic rings. The molecule has 0 aliphatic carbocycles. The molecule has 0 atom stereocenters. The van der Waals surface area contributed by atoms with E-state index in [2.05, 4.69) is 20.5 Å². The smallest absolute Gasteiger partial charge is 0.250 e. The Morgan fingerprint density at radius 3 is 2.86 bits per heavy atom. The second-order valence-electron chi connectivity index (χ2n) is 4.00. The average Bonchev–Trinajstić information content (AvgIpc) is 2.93. The molecule has 0 radical (unpaired) electrons. The van der Waals surface area contributed by atoms with Gasteiger partial charge in [0.2, 0.25) is 11.1 Å². The molecular weight excluding hydrogens is 288 g/mol. The molecule has 0 saturated carbocycles. The van der Waals surface area contributed by atoms with Crippen LogP contribution in [0.3, 0.4) is 0 Å². The van der Waals surface area contributed by atoms with Gasteiger partial charge in [0.15, 0.2) is 0 Å². The Balaban J connectivity index is 1.91. The van der Waals surface area contributed by atoms with Gasteiger partial charge < -0.3 is 4.74 Å². The quantitative estimate of drug-likeness (QED) is 0.633. The number of amides is 1. The van der Waals surface area contributed by atoms with E-state index >= 15 is 0 Å². The van der Waals surface area contributed by atoms with Crippen LogP contribution in [0.4, 0.5) is 5.95 Å². The highest BCUT2D eigenvalue weighted by molar-refractivity contribution is 7.99. The van der Waals surface area contributed by atoms with E-state index in [-0.39, 0.29) is 5.91 Å². The molecule has 2 N–H and O–H groups in total. The third-order valence-corrected chi connectivity index (χ3v) is 3.25. The lowest BCUT2D eigenvalue weighted by Gasteiger charge is -1.99. The monoisotopic (exact) mass is 304 g/mol. The maximum Gasteiger partial charge on any atom is 0.250 e. The summed E-state index contributed by atoms with van der Waals surface area (Å²) in [5.74, 6) is 1.73. The number of carbonyl (C=O) groups is 1. The van der Waals surface area contributed by atoms with Crippen molar-refractivity contribution in [3.8, 4) is 5.75 Å². The van der Waals surface area contributed by atoms with E-state index in [0.717, 1.165) is 17.1 Å². The van der Waals surface area contributed by atoms with Crippen molar-refractivity contribution in [1.82, 2.24) is 15.2 Å². The van der Waals surface area contributed by atoms with Crippen LogP contribution in [0.1, 0.15) is 12.5 Å². The van der Waals surface area contributed by atoms with Crippen LogP contribution in [0, 0.1) is 0 Å². The summed E-state index contributed by atoms with van der Waals surface area (Å²) in [7, 11) is 1.61. The number of nitrogens with one attached hydrogen (secondary N) is 2. The first-order chi connectivity index (χ1) is 10.2. The lowest BCUT2D eigenvalue weighted by molar-refractivity contribution is -0.111. The highest BCUT2D eigenvalue weighted by Gasteiger charge is 2.04. The summed E-state index contributed by atoms with van der Waals surface area (Å²) in [5, 5.41) is 9.88. The number of carbonyl (C=O) groups excluding carboxylic acids is 1. The number of ether oxygens (including phenoxy) is 1. The summed E-state index contributed by atoms with van der Waals surface area (Å²) >= 11 is 1.50. The minimum Gasteiger partial charge on any atom is -0.497 e. The molecule has 1 heterocycles. The number of methoxy groups -OCH3 is 1. The molecule has 0 unspecified atom stereocenters. The van der Waals surface area contributed by atoms with Crippen molar-refractivity contribution < 1.29 is 9.53 Å². The van der Waals surface area contributed by atoms with Gasteiger partial charge in [0.25, 0.3) is 5.91 Å². The van der Waals surface area contributed by atoms with Crippen molar-refractivity contribution in [1.29, 1.82) is 0 Å². The minimum atomic E-state index is -0.269. The van der Waals surface area contributed by atoms with E-state index in [1.165, 1.54) is 17.8 Å². The van der Waals surface area contributed by atoms with Gasteiger partial charge in [0.1, 0.15) is 5.75 Å². The largest absolute Gasteiger partial charge is 0.497 e.